The smallest absolute Gasteiger partial charge is 0.0351 e. The fraction of sp³-hybridized carbons (Fsp3) is 1.00. The maximum absolute atomic E-state index is 3.54. The van der Waals surface area contributed by atoms with E-state index in [4.69, 9.17) is 0 Å². The maximum atomic E-state index is 3.54. The van der Waals surface area contributed by atoms with Crippen molar-refractivity contribution in [2.45, 2.75) is 44.4 Å². The summed E-state index contributed by atoms with van der Waals surface area (Å²) in [5, 5.41) is 4.35. The summed E-state index contributed by atoms with van der Waals surface area (Å²) in [7, 11) is 0. The lowest BCUT2D eigenvalue weighted by molar-refractivity contribution is 0.0883. The Balaban J connectivity index is 1.89. The predicted octanol–water partition coefficient (Wildman–Crippen LogP) is 2.20. The van der Waals surface area contributed by atoms with Gasteiger partial charge in [0, 0.05) is 24.4 Å². The Bertz CT molecular complexity index is 224. The molecule has 0 saturated carbocycles. The first-order valence-electron chi connectivity index (χ1n) is 6.66. The van der Waals surface area contributed by atoms with Crippen molar-refractivity contribution in [3.05, 3.63) is 0 Å². The molecule has 0 bridgehead atoms. The molecular formula is C13H26N2S. The molecule has 16 heavy (non-hydrogen) atoms. The van der Waals surface area contributed by atoms with Gasteiger partial charge in [0.15, 0.2) is 0 Å². The summed E-state index contributed by atoms with van der Waals surface area (Å²) < 4.78 is 0. The van der Waals surface area contributed by atoms with Crippen molar-refractivity contribution in [2.75, 3.05) is 32.4 Å². The summed E-state index contributed by atoms with van der Waals surface area (Å²) in [6, 6.07) is 0.788. The monoisotopic (exact) mass is 242 g/mol. The summed E-state index contributed by atoms with van der Waals surface area (Å²) in [6.07, 6.45) is 6.38. The molecule has 0 amide bonds. The summed E-state index contributed by atoms with van der Waals surface area (Å²) in [5.41, 5.74) is 0.622. The largest absolute Gasteiger partial charge is 0.314 e. The number of rotatable bonds is 3. The van der Waals surface area contributed by atoms with Crippen LogP contribution in [0.25, 0.3) is 0 Å². The Morgan fingerprint density at radius 3 is 2.56 bits per heavy atom. The SMILES string of the molecule is CCC1(C)CCN(C2CNCC2SC)CC1. The molecule has 2 rings (SSSR count). The average molecular weight is 242 g/mol. The number of thioether (sulfide) groups is 1. The van der Waals surface area contributed by atoms with Gasteiger partial charge in [0.25, 0.3) is 0 Å². The fourth-order valence-electron chi connectivity index (χ4n) is 2.99. The zero-order valence-corrected chi connectivity index (χ0v) is 11.8. The van der Waals surface area contributed by atoms with Gasteiger partial charge in [0.1, 0.15) is 0 Å². The van der Waals surface area contributed by atoms with Crippen LogP contribution in [-0.2, 0) is 0 Å². The molecule has 3 heteroatoms. The van der Waals surface area contributed by atoms with E-state index in [1.165, 1.54) is 45.4 Å². The molecule has 0 aromatic carbocycles. The first-order valence-corrected chi connectivity index (χ1v) is 7.95. The molecule has 2 aliphatic heterocycles. The molecule has 2 fully saturated rings. The van der Waals surface area contributed by atoms with E-state index in [1.54, 1.807) is 0 Å². The van der Waals surface area contributed by atoms with Crippen LogP contribution >= 0.6 is 11.8 Å². The Morgan fingerprint density at radius 2 is 2.00 bits per heavy atom. The summed E-state index contributed by atoms with van der Waals surface area (Å²) >= 11 is 2.04. The van der Waals surface area contributed by atoms with Gasteiger partial charge < -0.3 is 5.32 Å². The average Bonchev–Trinajstić information content (AvgIpc) is 2.78. The van der Waals surface area contributed by atoms with Crippen molar-refractivity contribution < 1.29 is 0 Å². The highest BCUT2D eigenvalue weighted by Gasteiger charge is 2.36. The lowest BCUT2D eigenvalue weighted by Gasteiger charge is -2.42. The second-order valence-corrected chi connectivity index (χ2v) is 6.78. The molecule has 2 unspecified atom stereocenters. The van der Waals surface area contributed by atoms with Crippen molar-refractivity contribution in [1.82, 2.24) is 10.2 Å². The number of hydrogen-bond acceptors (Lipinski definition) is 3. The van der Waals surface area contributed by atoms with E-state index in [9.17, 15) is 0 Å². The van der Waals surface area contributed by atoms with Gasteiger partial charge in [-0.3, -0.25) is 4.90 Å². The third-order valence-corrected chi connectivity index (χ3v) is 5.84. The first kappa shape index (κ1) is 12.7. The molecular weight excluding hydrogens is 216 g/mol. The third kappa shape index (κ3) is 2.57. The van der Waals surface area contributed by atoms with Crippen LogP contribution in [-0.4, -0.2) is 48.6 Å². The number of likely N-dealkylation sites (tertiary alicyclic amines) is 1. The van der Waals surface area contributed by atoms with Gasteiger partial charge in [-0.05, 0) is 37.6 Å². The van der Waals surface area contributed by atoms with Crippen LogP contribution in [0.4, 0.5) is 0 Å². The van der Waals surface area contributed by atoms with Gasteiger partial charge >= 0.3 is 0 Å². The highest BCUT2D eigenvalue weighted by atomic mass is 32.2. The predicted molar refractivity (Wildman–Crippen MR) is 73.2 cm³/mol. The number of nitrogens with zero attached hydrogens (tertiary/aromatic N) is 1. The van der Waals surface area contributed by atoms with Crippen LogP contribution in [0.2, 0.25) is 0 Å². The van der Waals surface area contributed by atoms with Crippen molar-refractivity contribution in [3.63, 3.8) is 0 Å². The van der Waals surface area contributed by atoms with E-state index in [2.05, 4.69) is 30.3 Å². The lowest BCUT2D eigenvalue weighted by Crippen LogP contribution is -2.48. The first-order chi connectivity index (χ1) is 7.68. The van der Waals surface area contributed by atoms with Crippen molar-refractivity contribution >= 4 is 11.8 Å². The van der Waals surface area contributed by atoms with Crippen LogP contribution in [0, 0.1) is 5.41 Å². The molecule has 2 aliphatic rings. The topological polar surface area (TPSA) is 15.3 Å². The standard InChI is InChI=1S/C13H26N2S/c1-4-13(2)5-7-15(8-6-13)11-9-14-10-12(11)16-3/h11-12,14H,4-10H2,1-3H3. The minimum Gasteiger partial charge on any atom is -0.314 e. The summed E-state index contributed by atoms with van der Waals surface area (Å²) in [5.74, 6) is 0. The Hall–Kier alpha value is 0.270. The third-order valence-electron chi connectivity index (χ3n) is 4.76. The molecule has 0 radical (unpaired) electrons. The van der Waals surface area contributed by atoms with Gasteiger partial charge in [0.05, 0.1) is 0 Å². The van der Waals surface area contributed by atoms with Gasteiger partial charge in [-0.1, -0.05) is 20.3 Å². The van der Waals surface area contributed by atoms with E-state index in [-0.39, 0.29) is 0 Å². The van der Waals surface area contributed by atoms with E-state index >= 15 is 0 Å². The fourth-order valence-corrected chi connectivity index (χ4v) is 3.86. The number of nitrogens with one attached hydrogen (secondary N) is 1. The van der Waals surface area contributed by atoms with E-state index in [0.29, 0.717) is 5.41 Å². The van der Waals surface area contributed by atoms with Gasteiger partial charge in [-0.25, -0.2) is 0 Å². The quantitative estimate of drug-likeness (QED) is 0.817. The maximum Gasteiger partial charge on any atom is 0.0351 e. The minimum atomic E-state index is 0.622. The van der Waals surface area contributed by atoms with E-state index < -0.39 is 0 Å². The van der Waals surface area contributed by atoms with Gasteiger partial charge in [0.2, 0.25) is 0 Å². The van der Waals surface area contributed by atoms with Crippen LogP contribution in [0.5, 0.6) is 0 Å². The van der Waals surface area contributed by atoms with Crippen LogP contribution in [0.1, 0.15) is 33.1 Å². The molecule has 1 N–H and O–H groups in total. The Morgan fingerprint density at radius 1 is 1.31 bits per heavy atom. The van der Waals surface area contributed by atoms with Gasteiger partial charge in [-0.15, -0.1) is 0 Å². The molecule has 2 nitrogen and oxygen atoms in total. The normalized spacial score (nSPS) is 35.4. The van der Waals surface area contributed by atoms with E-state index in [0.717, 1.165) is 11.3 Å². The second-order valence-electron chi connectivity index (χ2n) is 5.70. The molecule has 0 aliphatic carbocycles. The van der Waals surface area contributed by atoms with Gasteiger partial charge in [-0.2, -0.15) is 11.8 Å². The zero-order chi connectivity index (χ0) is 11.6. The lowest BCUT2D eigenvalue weighted by atomic mass is 9.78. The van der Waals surface area contributed by atoms with Crippen molar-refractivity contribution in [1.29, 1.82) is 0 Å². The zero-order valence-electron chi connectivity index (χ0n) is 11.0. The van der Waals surface area contributed by atoms with Crippen LogP contribution in [0.3, 0.4) is 0 Å². The molecule has 2 saturated heterocycles. The molecule has 0 aromatic heterocycles. The highest BCUT2D eigenvalue weighted by molar-refractivity contribution is 7.99. The summed E-state index contributed by atoms with van der Waals surface area (Å²) in [4.78, 5) is 2.73. The molecule has 2 atom stereocenters. The summed E-state index contributed by atoms with van der Waals surface area (Å²) in [6.45, 7) is 9.84. The molecule has 94 valence electrons. The van der Waals surface area contributed by atoms with Crippen LogP contribution < -0.4 is 5.32 Å². The number of hydrogen-bond donors (Lipinski definition) is 1. The van der Waals surface area contributed by atoms with Crippen molar-refractivity contribution in [2.24, 2.45) is 5.41 Å². The molecule has 0 spiro atoms. The second kappa shape index (κ2) is 5.28. The molecule has 0 aromatic rings. The highest BCUT2D eigenvalue weighted by Crippen LogP contribution is 2.35. The minimum absolute atomic E-state index is 0.622. The van der Waals surface area contributed by atoms with E-state index in [1.807, 2.05) is 11.8 Å². The van der Waals surface area contributed by atoms with Crippen LogP contribution in [0.15, 0.2) is 0 Å². The Labute approximate surface area is 105 Å². The van der Waals surface area contributed by atoms with Crippen molar-refractivity contribution in [3.8, 4) is 0 Å². The number of piperidine rings is 1. The Kier molecular flexibility index (Phi) is 4.20. The molecule has 2 heterocycles.